The smallest absolute Gasteiger partial charge is 0.206 e. The Balaban J connectivity index is 2.63. The quantitative estimate of drug-likeness (QED) is 0.801. The van der Waals surface area contributed by atoms with Crippen molar-refractivity contribution in [2.75, 3.05) is 6.54 Å². The van der Waals surface area contributed by atoms with Crippen LogP contribution in [0.25, 0.3) is 0 Å². The van der Waals surface area contributed by atoms with Crippen molar-refractivity contribution in [1.82, 2.24) is 3.71 Å². The van der Waals surface area contributed by atoms with E-state index in [0.717, 1.165) is 24.3 Å². The molecule has 0 unspecified atom stereocenters. The number of benzene rings is 2. The number of sulfonamides is 2. The third-order valence-electron chi connectivity index (χ3n) is 2.93. The molecule has 24 heavy (non-hydrogen) atoms. The van der Waals surface area contributed by atoms with Crippen molar-refractivity contribution in [2.45, 2.75) is 16.0 Å². The Hall–Kier alpha value is -1.91. The van der Waals surface area contributed by atoms with Crippen LogP contribution in [0.3, 0.4) is 0 Å². The van der Waals surface area contributed by atoms with Crippen LogP contribution in [0.15, 0.2) is 70.5 Å². The summed E-state index contributed by atoms with van der Waals surface area (Å²) in [6.07, 6.45) is -5.04. The molecule has 10 heteroatoms. The first-order chi connectivity index (χ1) is 11.0. The van der Waals surface area contributed by atoms with Gasteiger partial charge in [0.1, 0.15) is 6.54 Å². The maximum atomic E-state index is 12.8. The highest BCUT2D eigenvalue weighted by Gasteiger charge is 2.44. The van der Waals surface area contributed by atoms with E-state index < -0.39 is 46.3 Å². The molecular weight excluding hydrogens is 367 g/mol. The van der Waals surface area contributed by atoms with Gasteiger partial charge in [-0.1, -0.05) is 40.1 Å². The van der Waals surface area contributed by atoms with Crippen molar-refractivity contribution in [3.8, 4) is 0 Å². The number of halogens is 3. The molecule has 0 aliphatic carbocycles. The van der Waals surface area contributed by atoms with E-state index in [1.165, 1.54) is 36.4 Å². The van der Waals surface area contributed by atoms with Crippen LogP contribution < -0.4 is 0 Å². The molecule has 0 spiro atoms. The van der Waals surface area contributed by atoms with E-state index in [1.54, 1.807) is 0 Å². The Morgan fingerprint density at radius 2 is 1.04 bits per heavy atom. The monoisotopic (exact) mass is 379 g/mol. The number of hydrogen-bond donors (Lipinski definition) is 0. The van der Waals surface area contributed by atoms with Crippen LogP contribution in [0.2, 0.25) is 0 Å². The molecule has 0 amide bonds. The lowest BCUT2D eigenvalue weighted by atomic mass is 10.4. The average Bonchev–Trinajstić information content (AvgIpc) is 2.53. The molecule has 0 aromatic heterocycles. The summed E-state index contributed by atoms with van der Waals surface area (Å²) < 4.78 is 87.9. The SMILES string of the molecule is O=S(=O)(c1ccccc1)N(CC(F)(F)F)S(=O)(=O)c1ccccc1. The summed E-state index contributed by atoms with van der Waals surface area (Å²) in [5.74, 6) is 0. The molecule has 0 radical (unpaired) electrons. The van der Waals surface area contributed by atoms with Crippen molar-refractivity contribution in [1.29, 1.82) is 0 Å². The number of alkyl halides is 3. The van der Waals surface area contributed by atoms with Gasteiger partial charge in [0.15, 0.2) is 0 Å². The minimum atomic E-state index is -5.04. The lowest BCUT2D eigenvalue weighted by Crippen LogP contribution is -2.43. The van der Waals surface area contributed by atoms with Gasteiger partial charge in [0, 0.05) is 0 Å². The van der Waals surface area contributed by atoms with Gasteiger partial charge in [-0.2, -0.15) is 13.2 Å². The second-order valence-electron chi connectivity index (χ2n) is 4.68. The van der Waals surface area contributed by atoms with E-state index in [1.807, 2.05) is 0 Å². The fourth-order valence-electron chi connectivity index (χ4n) is 1.87. The van der Waals surface area contributed by atoms with Gasteiger partial charge >= 0.3 is 6.18 Å². The molecule has 0 N–H and O–H groups in total. The van der Waals surface area contributed by atoms with Gasteiger partial charge in [-0.3, -0.25) is 0 Å². The van der Waals surface area contributed by atoms with E-state index in [0.29, 0.717) is 0 Å². The maximum Gasteiger partial charge on any atom is 0.403 e. The van der Waals surface area contributed by atoms with E-state index in [9.17, 15) is 30.0 Å². The van der Waals surface area contributed by atoms with Gasteiger partial charge in [0.05, 0.1) is 9.79 Å². The largest absolute Gasteiger partial charge is 0.403 e. The summed E-state index contributed by atoms with van der Waals surface area (Å²) in [5.41, 5.74) is 0. The van der Waals surface area contributed by atoms with Crippen LogP contribution in [-0.2, 0) is 20.0 Å². The molecule has 0 aliphatic rings. The Kier molecular flexibility index (Phi) is 5.02. The van der Waals surface area contributed by atoms with Crippen molar-refractivity contribution in [2.24, 2.45) is 0 Å². The molecule has 2 aromatic rings. The lowest BCUT2D eigenvalue weighted by molar-refractivity contribution is -0.129. The lowest BCUT2D eigenvalue weighted by Gasteiger charge is -2.23. The zero-order chi connectivity index (χ0) is 18.0. The maximum absolute atomic E-state index is 12.8. The predicted molar refractivity (Wildman–Crippen MR) is 80.0 cm³/mol. The molecule has 0 saturated carbocycles. The summed E-state index contributed by atoms with van der Waals surface area (Å²) in [5, 5.41) is 0. The van der Waals surface area contributed by atoms with Gasteiger partial charge in [-0.25, -0.2) is 16.8 Å². The Bertz CT molecular complexity index is 827. The van der Waals surface area contributed by atoms with Crippen LogP contribution in [-0.4, -0.2) is 33.3 Å². The average molecular weight is 379 g/mol. The van der Waals surface area contributed by atoms with Gasteiger partial charge in [0.25, 0.3) is 20.0 Å². The normalized spacial score (nSPS) is 13.2. The Morgan fingerprint density at radius 3 is 1.33 bits per heavy atom. The molecule has 2 rings (SSSR count). The molecular formula is C14H12F3NO4S2. The highest BCUT2D eigenvalue weighted by molar-refractivity contribution is 8.04. The summed E-state index contributed by atoms with van der Waals surface area (Å²) in [6.45, 7) is -2.15. The van der Waals surface area contributed by atoms with Crippen molar-refractivity contribution in [3.05, 3.63) is 60.7 Å². The summed E-state index contributed by atoms with van der Waals surface area (Å²) >= 11 is 0. The zero-order valence-corrected chi connectivity index (χ0v) is 13.6. The second kappa shape index (κ2) is 6.54. The highest BCUT2D eigenvalue weighted by Crippen LogP contribution is 2.28. The summed E-state index contributed by atoms with van der Waals surface area (Å²) in [4.78, 5) is -1.09. The first kappa shape index (κ1) is 18.4. The third-order valence-corrected chi connectivity index (χ3v) is 7.17. The Labute approximate surface area is 137 Å². The Morgan fingerprint density at radius 1 is 0.708 bits per heavy atom. The summed E-state index contributed by atoms with van der Waals surface area (Å²) in [7, 11) is -9.83. The molecule has 0 fully saturated rings. The molecule has 0 aliphatic heterocycles. The molecule has 130 valence electrons. The van der Waals surface area contributed by atoms with Crippen LogP contribution >= 0.6 is 0 Å². The fraction of sp³-hybridized carbons (Fsp3) is 0.143. The molecule has 0 saturated heterocycles. The number of nitrogens with zero attached hydrogens (tertiary/aromatic N) is 1. The fourth-order valence-corrected chi connectivity index (χ4v) is 5.52. The van der Waals surface area contributed by atoms with Gasteiger partial charge in [0.2, 0.25) is 0 Å². The van der Waals surface area contributed by atoms with Gasteiger partial charge < -0.3 is 0 Å². The third kappa shape index (κ3) is 3.94. The summed E-state index contributed by atoms with van der Waals surface area (Å²) in [6, 6.07) is 12.2. The predicted octanol–water partition coefficient (Wildman–Crippen LogP) is 2.63. The first-order valence-electron chi connectivity index (χ1n) is 6.50. The number of hydrogen-bond acceptors (Lipinski definition) is 4. The van der Waals surface area contributed by atoms with Crippen molar-refractivity contribution < 1.29 is 30.0 Å². The molecule has 0 atom stereocenters. The number of rotatable bonds is 5. The van der Waals surface area contributed by atoms with E-state index in [-0.39, 0.29) is 0 Å². The zero-order valence-electron chi connectivity index (χ0n) is 12.0. The standard InChI is InChI=1S/C14H12F3NO4S2/c15-14(16,17)11-18(23(19,20)12-7-3-1-4-8-12)24(21,22)13-9-5-2-6-10-13/h1-10H,11H2. The van der Waals surface area contributed by atoms with Crippen LogP contribution in [0.4, 0.5) is 13.2 Å². The van der Waals surface area contributed by atoms with Crippen LogP contribution in [0, 0.1) is 0 Å². The van der Waals surface area contributed by atoms with Gasteiger partial charge in [-0.05, 0) is 24.3 Å². The van der Waals surface area contributed by atoms with Gasteiger partial charge in [-0.15, -0.1) is 0 Å². The molecule has 2 aromatic carbocycles. The minimum absolute atomic E-state index is 0.523. The second-order valence-corrected chi connectivity index (χ2v) is 8.64. The molecule has 5 nitrogen and oxygen atoms in total. The van der Waals surface area contributed by atoms with E-state index in [4.69, 9.17) is 0 Å². The topological polar surface area (TPSA) is 71.5 Å². The van der Waals surface area contributed by atoms with E-state index in [2.05, 4.69) is 0 Å². The van der Waals surface area contributed by atoms with Crippen molar-refractivity contribution >= 4 is 20.0 Å². The van der Waals surface area contributed by atoms with Crippen LogP contribution in [0.5, 0.6) is 0 Å². The molecule has 0 bridgehead atoms. The van der Waals surface area contributed by atoms with E-state index >= 15 is 0 Å². The first-order valence-corrected chi connectivity index (χ1v) is 9.38. The minimum Gasteiger partial charge on any atom is -0.206 e. The van der Waals surface area contributed by atoms with Crippen LogP contribution in [0.1, 0.15) is 0 Å². The van der Waals surface area contributed by atoms with Crippen molar-refractivity contribution in [3.63, 3.8) is 0 Å². The molecule has 0 heterocycles. The highest BCUT2D eigenvalue weighted by atomic mass is 32.3.